The third kappa shape index (κ3) is 3.63. The van der Waals surface area contributed by atoms with Gasteiger partial charge in [-0.25, -0.2) is 0 Å². The standard InChI is InChI=1S/C20H20ClN3O3/c1-25-17-9-13-7-8-24(11-14(13)10-18(17)26-2)12-19-22-23-20(27-19)15-5-3-4-6-16(15)21/h3-6,9-10H,7-8,11-12H2,1-2H3. The number of rotatable bonds is 5. The minimum atomic E-state index is 0.444. The zero-order chi connectivity index (χ0) is 18.8. The van der Waals surface area contributed by atoms with Crippen molar-refractivity contribution in [1.82, 2.24) is 15.1 Å². The van der Waals surface area contributed by atoms with E-state index in [1.165, 1.54) is 11.1 Å². The molecule has 1 aliphatic rings. The molecule has 6 nitrogen and oxygen atoms in total. The van der Waals surface area contributed by atoms with E-state index in [9.17, 15) is 0 Å². The molecule has 4 rings (SSSR count). The van der Waals surface area contributed by atoms with E-state index in [0.29, 0.717) is 23.3 Å². The summed E-state index contributed by atoms with van der Waals surface area (Å²) in [7, 11) is 3.31. The minimum Gasteiger partial charge on any atom is -0.493 e. The van der Waals surface area contributed by atoms with Gasteiger partial charge in [-0.15, -0.1) is 10.2 Å². The summed E-state index contributed by atoms with van der Waals surface area (Å²) in [6.45, 7) is 2.29. The van der Waals surface area contributed by atoms with Crippen LogP contribution in [0, 0.1) is 0 Å². The van der Waals surface area contributed by atoms with Crippen molar-refractivity contribution in [2.75, 3.05) is 20.8 Å². The van der Waals surface area contributed by atoms with Crippen LogP contribution in [0.5, 0.6) is 11.5 Å². The van der Waals surface area contributed by atoms with Gasteiger partial charge in [0.1, 0.15) is 0 Å². The highest BCUT2D eigenvalue weighted by Gasteiger charge is 2.21. The van der Waals surface area contributed by atoms with Crippen LogP contribution in [0.3, 0.4) is 0 Å². The van der Waals surface area contributed by atoms with E-state index >= 15 is 0 Å². The van der Waals surface area contributed by atoms with Crippen molar-refractivity contribution in [3.8, 4) is 23.0 Å². The van der Waals surface area contributed by atoms with Gasteiger partial charge in [-0.05, 0) is 41.8 Å². The number of fused-ring (bicyclic) bond motifs is 1. The summed E-state index contributed by atoms with van der Waals surface area (Å²) in [5.41, 5.74) is 3.26. The lowest BCUT2D eigenvalue weighted by Gasteiger charge is -2.28. The number of hydrogen-bond acceptors (Lipinski definition) is 6. The molecule has 2 heterocycles. The van der Waals surface area contributed by atoms with Gasteiger partial charge in [-0.1, -0.05) is 23.7 Å². The van der Waals surface area contributed by atoms with Crippen LogP contribution in [0.25, 0.3) is 11.5 Å². The maximum absolute atomic E-state index is 6.21. The molecule has 0 aliphatic carbocycles. The molecule has 0 spiro atoms. The van der Waals surface area contributed by atoms with Crippen molar-refractivity contribution in [2.45, 2.75) is 19.5 Å². The molecule has 7 heteroatoms. The molecule has 3 aromatic rings. The van der Waals surface area contributed by atoms with E-state index in [-0.39, 0.29) is 0 Å². The molecule has 1 aliphatic heterocycles. The average Bonchev–Trinajstić information content (AvgIpc) is 3.15. The summed E-state index contributed by atoms with van der Waals surface area (Å²) < 4.78 is 16.6. The lowest BCUT2D eigenvalue weighted by Crippen LogP contribution is -2.30. The average molecular weight is 386 g/mol. The SMILES string of the molecule is COc1cc2c(cc1OC)CN(Cc1nnc(-c3ccccc3Cl)o1)CC2. The van der Waals surface area contributed by atoms with E-state index in [1.807, 2.05) is 30.3 Å². The fourth-order valence-electron chi connectivity index (χ4n) is 3.33. The Labute approximate surface area is 162 Å². The van der Waals surface area contributed by atoms with Gasteiger partial charge in [0.25, 0.3) is 0 Å². The lowest BCUT2D eigenvalue weighted by atomic mass is 9.99. The summed E-state index contributed by atoms with van der Waals surface area (Å²) in [5.74, 6) is 2.54. The van der Waals surface area contributed by atoms with Gasteiger partial charge in [0, 0.05) is 13.1 Å². The molecule has 0 fully saturated rings. The van der Waals surface area contributed by atoms with Crippen molar-refractivity contribution in [1.29, 1.82) is 0 Å². The number of aromatic nitrogens is 2. The largest absolute Gasteiger partial charge is 0.493 e. The van der Waals surface area contributed by atoms with E-state index in [1.54, 1.807) is 14.2 Å². The molecule has 0 bridgehead atoms. The molecular formula is C20H20ClN3O3. The number of halogens is 1. The Morgan fingerprint density at radius 3 is 2.56 bits per heavy atom. The molecule has 1 aromatic heterocycles. The van der Waals surface area contributed by atoms with Crippen molar-refractivity contribution >= 4 is 11.6 Å². The molecule has 27 heavy (non-hydrogen) atoms. The number of benzene rings is 2. The summed E-state index contributed by atoms with van der Waals surface area (Å²) in [4.78, 5) is 2.28. The van der Waals surface area contributed by atoms with E-state index in [0.717, 1.165) is 36.6 Å². The highest BCUT2D eigenvalue weighted by molar-refractivity contribution is 6.33. The molecule has 0 amide bonds. The van der Waals surface area contributed by atoms with Gasteiger partial charge < -0.3 is 13.9 Å². The smallest absolute Gasteiger partial charge is 0.249 e. The highest BCUT2D eigenvalue weighted by Crippen LogP contribution is 2.33. The van der Waals surface area contributed by atoms with Crippen molar-refractivity contribution in [2.24, 2.45) is 0 Å². The maximum Gasteiger partial charge on any atom is 0.249 e. The maximum atomic E-state index is 6.21. The second kappa shape index (κ2) is 7.58. The Balaban J connectivity index is 1.50. The molecule has 0 unspecified atom stereocenters. The first-order valence-corrected chi connectivity index (χ1v) is 9.09. The first kappa shape index (κ1) is 17.8. The lowest BCUT2D eigenvalue weighted by molar-refractivity contribution is 0.221. The summed E-state index contributed by atoms with van der Waals surface area (Å²) >= 11 is 6.21. The van der Waals surface area contributed by atoms with Gasteiger partial charge in [0.05, 0.1) is 31.4 Å². The molecule has 2 aromatic carbocycles. The summed E-state index contributed by atoms with van der Waals surface area (Å²) in [6.07, 6.45) is 0.932. The number of nitrogens with zero attached hydrogens (tertiary/aromatic N) is 3. The summed E-state index contributed by atoms with van der Waals surface area (Å²) in [5, 5.41) is 8.92. The predicted octanol–water partition coefficient (Wildman–Crippen LogP) is 3.97. The Hall–Kier alpha value is -2.57. The van der Waals surface area contributed by atoms with Crippen LogP contribution in [-0.4, -0.2) is 35.9 Å². The first-order chi connectivity index (χ1) is 13.2. The molecule has 140 valence electrons. The van der Waals surface area contributed by atoms with Crippen LogP contribution in [0.1, 0.15) is 17.0 Å². The topological polar surface area (TPSA) is 60.6 Å². The molecular weight excluding hydrogens is 366 g/mol. The Bertz CT molecular complexity index is 957. The monoisotopic (exact) mass is 385 g/mol. The van der Waals surface area contributed by atoms with E-state index < -0.39 is 0 Å². The van der Waals surface area contributed by atoms with Crippen LogP contribution in [0.4, 0.5) is 0 Å². The Morgan fingerprint density at radius 2 is 1.81 bits per heavy atom. The molecule has 0 saturated heterocycles. The van der Waals surface area contributed by atoms with Gasteiger partial charge in [0.15, 0.2) is 11.5 Å². The number of hydrogen-bond donors (Lipinski definition) is 0. The molecule has 0 atom stereocenters. The quantitative estimate of drug-likeness (QED) is 0.662. The zero-order valence-corrected chi connectivity index (χ0v) is 16.0. The highest BCUT2D eigenvalue weighted by atomic mass is 35.5. The number of methoxy groups -OCH3 is 2. The second-order valence-corrected chi connectivity index (χ2v) is 6.82. The Morgan fingerprint density at radius 1 is 1.07 bits per heavy atom. The van der Waals surface area contributed by atoms with Crippen LogP contribution in [-0.2, 0) is 19.5 Å². The fraction of sp³-hybridized carbons (Fsp3) is 0.300. The second-order valence-electron chi connectivity index (χ2n) is 6.42. The predicted molar refractivity (Wildman–Crippen MR) is 102 cm³/mol. The zero-order valence-electron chi connectivity index (χ0n) is 15.2. The third-order valence-electron chi connectivity index (χ3n) is 4.73. The summed E-state index contributed by atoms with van der Waals surface area (Å²) in [6, 6.07) is 11.6. The van der Waals surface area contributed by atoms with Crippen LogP contribution in [0.15, 0.2) is 40.8 Å². The molecule has 0 radical (unpaired) electrons. The molecule has 0 N–H and O–H groups in total. The molecule has 0 saturated carbocycles. The van der Waals surface area contributed by atoms with Crippen molar-refractivity contribution in [3.05, 3.63) is 58.4 Å². The fourth-order valence-corrected chi connectivity index (χ4v) is 3.55. The van der Waals surface area contributed by atoms with Crippen molar-refractivity contribution < 1.29 is 13.9 Å². The van der Waals surface area contributed by atoms with Crippen LogP contribution in [0.2, 0.25) is 5.02 Å². The van der Waals surface area contributed by atoms with E-state index in [2.05, 4.69) is 21.2 Å². The van der Waals surface area contributed by atoms with Gasteiger partial charge in [0.2, 0.25) is 11.8 Å². The van der Waals surface area contributed by atoms with E-state index in [4.69, 9.17) is 25.5 Å². The third-order valence-corrected chi connectivity index (χ3v) is 5.06. The Kier molecular flexibility index (Phi) is 5.01. The minimum absolute atomic E-state index is 0.444. The van der Waals surface area contributed by atoms with Gasteiger partial charge >= 0.3 is 0 Å². The van der Waals surface area contributed by atoms with Gasteiger partial charge in [-0.3, -0.25) is 4.90 Å². The van der Waals surface area contributed by atoms with Gasteiger partial charge in [-0.2, -0.15) is 0 Å². The number of ether oxygens (including phenoxy) is 2. The first-order valence-electron chi connectivity index (χ1n) is 8.71. The van der Waals surface area contributed by atoms with Crippen molar-refractivity contribution in [3.63, 3.8) is 0 Å². The van der Waals surface area contributed by atoms with Crippen LogP contribution >= 0.6 is 11.6 Å². The van der Waals surface area contributed by atoms with Crippen LogP contribution < -0.4 is 9.47 Å². The normalized spacial score (nSPS) is 14.0.